The van der Waals surface area contributed by atoms with Crippen LogP contribution < -0.4 is 15.4 Å². The number of furan rings is 1. The first-order valence-corrected chi connectivity index (χ1v) is 10.4. The van der Waals surface area contributed by atoms with Gasteiger partial charge in [0.25, 0.3) is 0 Å². The first kappa shape index (κ1) is 21.5. The molecule has 2 N–H and O–H groups in total. The molecule has 3 rings (SSSR count). The zero-order valence-electron chi connectivity index (χ0n) is 18.2. The second kappa shape index (κ2) is 9.50. The number of guanidine groups is 1. The predicted octanol–water partition coefficient (Wildman–Crippen LogP) is 3.17. The maximum atomic E-state index is 6.12. The molecule has 160 valence electrons. The number of rotatable bonds is 7. The minimum absolute atomic E-state index is 0.0342. The third kappa shape index (κ3) is 4.85. The molecule has 1 fully saturated rings. The summed E-state index contributed by atoms with van der Waals surface area (Å²) in [6.07, 6.45) is 2.01. The Morgan fingerprint density at radius 1 is 1.31 bits per heavy atom. The van der Waals surface area contributed by atoms with E-state index in [2.05, 4.69) is 47.6 Å². The Kier molecular flexibility index (Phi) is 7.03. The molecule has 0 radical (unpaired) electrons. The second-order valence-electron chi connectivity index (χ2n) is 7.78. The van der Waals surface area contributed by atoms with Crippen LogP contribution >= 0.6 is 0 Å². The van der Waals surface area contributed by atoms with Crippen molar-refractivity contribution in [2.75, 3.05) is 47.5 Å². The van der Waals surface area contributed by atoms with Crippen molar-refractivity contribution in [2.24, 2.45) is 4.99 Å². The molecule has 1 atom stereocenters. The smallest absolute Gasteiger partial charge is 0.191 e. The first-order chi connectivity index (χ1) is 14.0. The van der Waals surface area contributed by atoms with Crippen molar-refractivity contribution in [3.63, 3.8) is 0 Å². The molecule has 1 aromatic heterocycles. The van der Waals surface area contributed by atoms with Crippen LogP contribution in [0.25, 0.3) is 11.0 Å². The van der Waals surface area contributed by atoms with E-state index in [1.54, 1.807) is 7.05 Å². The van der Waals surface area contributed by atoms with Gasteiger partial charge in [0.05, 0.1) is 12.6 Å². The van der Waals surface area contributed by atoms with Crippen LogP contribution in [-0.2, 0) is 4.74 Å². The van der Waals surface area contributed by atoms with Crippen LogP contribution in [0.1, 0.15) is 38.5 Å². The maximum Gasteiger partial charge on any atom is 0.191 e. The topological polar surface area (TPSA) is 71.3 Å². The lowest BCUT2D eigenvalue weighted by Gasteiger charge is -2.43. The molecule has 0 saturated carbocycles. The molecule has 2 aromatic rings. The van der Waals surface area contributed by atoms with Crippen molar-refractivity contribution in [1.82, 2.24) is 15.5 Å². The number of hydrogen-bond donors (Lipinski definition) is 2. The normalized spacial score (nSPS) is 18.1. The molecule has 0 amide bonds. The zero-order chi connectivity index (χ0) is 20.9. The molecule has 1 saturated heterocycles. The summed E-state index contributed by atoms with van der Waals surface area (Å²) >= 11 is 0. The minimum Gasteiger partial charge on any atom is -0.490 e. The van der Waals surface area contributed by atoms with Crippen molar-refractivity contribution in [3.8, 4) is 5.75 Å². The molecule has 1 aromatic carbocycles. The fourth-order valence-electron chi connectivity index (χ4n) is 3.79. The highest BCUT2D eigenvalue weighted by atomic mass is 16.5. The van der Waals surface area contributed by atoms with E-state index < -0.39 is 0 Å². The quantitative estimate of drug-likeness (QED) is 0.548. The van der Waals surface area contributed by atoms with Gasteiger partial charge in [0, 0.05) is 37.7 Å². The van der Waals surface area contributed by atoms with Gasteiger partial charge in [-0.15, -0.1) is 0 Å². The average Bonchev–Trinajstić information content (AvgIpc) is 3.17. The van der Waals surface area contributed by atoms with Crippen LogP contribution in [-0.4, -0.2) is 63.9 Å². The van der Waals surface area contributed by atoms with Crippen LogP contribution in [0.4, 0.5) is 0 Å². The molecular weight excluding hydrogens is 368 g/mol. The molecule has 1 aliphatic heterocycles. The van der Waals surface area contributed by atoms with Gasteiger partial charge in [-0.1, -0.05) is 12.1 Å². The predicted molar refractivity (Wildman–Crippen MR) is 117 cm³/mol. The molecule has 29 heavy (non-hydrogen) atoms. The number of hydrogen-bond acceptors (Lipinski definition) is 5. The van der Waals surface area contributed by atoms with Crippen molar-refractivity contribution in [1.29, 1.82) is 0 Å². The van der Waals surface area contributed by atoms with Gasteiger partial charge in [0.2, 0.25) is 0 Å². The van der Waals surface area contributed by atoms with Crippen LogP contribution in [0.3, 0.4) is 0 Å². The molecule has 7 heteroatoms. The van der Waals surface area contributed by atoms with Crippen LogP contribution in [0.5, 0.6) is 5.75 Å². The Balaban J connectivity index is 1.67. The number of benzene rings is 1. The van der Waals surface area contributed by atoms with Crippen molar-refractivity contribution >= 4 is 16.9 Å². The fourth-order valence-corrected chi connectivity index (χ4v) is 3.79. The van der Waals surface area contributed by atoms with Gasteiger partial charge in [-0.05, 0) is 52.9 Å². The highest BCUT2D eigenvalue weighted by Crippen LogP contribution is 2.31. The summed E-state index contributed by atoms with van der Waals surface area (Å²) in [5.41, 5.74) is 0.861. The van der Waals surface area contributed by atoms with E-state index in [9.17, 15) is 0 Å². The first-order valence-electron chi connectivity index (χ1n) is 10.4. The number of nitrogens with one attached hydrogen (secondary N) is 2. The van der Waals surface area contributed by atoms with Crippen LogP contribution in [0.15, 0.2) is 33.7 Å². The lowest BCUT2D eigenvalue weighted by molar-refractivity contribution is -0.00503. The van der Waals surface area contributed by atoms with Gasteiger partial charge >= 0.3 is 0 Å². The van der Waals surface area contributed by atoms with Crippen molar-refractivity contribution in [3.05, 3.63) is 30.0 Å². The highest BCUT2D eigenvalue weighted by molar-refractivity contribution is 5.84. The van der Waals surface area contributed by atoms with Gasteiger partial charge in [-0.3, -0.25) is 4.99 Å². The SMILES string of the molecule is CCOc1cccc2cc(C(C)NC(=NC)NCC3(N(C)C)CCOCC3)oc12. The van der Waals surface area contributed by atoms with E-state index in [4.69, 9.17) is 13.9 Å². The summed E-state index contributed by atoms with van der Waals surface area (Å²) in [5.74, 6) is 2.39. The van der Waals surface area contributed by atoms with Crippen molar-refractivity contribution in [2.45, 2.75) is 38.3 Å². The second-order valence-corrected chi connectivity index (χ2v) is 7.78. The number of likely N-dealkylation sites (N-methyl/N-ethyl adjacent to an activating group) is 1. The number of fused-ring (bicyclic) bond motifs is 1. The summed E-state index contributed by atoms with van der Waals surface area (Å²) in [5, 5.41) is 7.99. The Labute approximate surface area is 173 Å². The third-order valence-corrected chi connectivity index (χ3v) is 5.79. The molecule has 0 spiro atoms. The van der Waals surface area contributed by atoms with E-state index in [-0.39, 0.29) is 11.6 Å². The Bertz CT molecular complexity index is 825. The lowest BCUT2D eigenvalue weighted by Crippen LogP contribution is -2.57. The standard InChI is InChI=1S/C22H34N4O3/c1-6-28-18-9-7-8-17-14-19(29-20(17)18)16(2)25-21(23-3)24-15-22(26(4)5)10-12-27-13-11-22/h7-9,14,16H,6,10-13,15H2,1-5H3,(H2,23,24,25). The van der Waals surface area contributed by atoms with Crippen molar-refractivity contribution < 1.29 is 13.9 Å². The highest BCUT2D eigenvalue weighted by Gasteiger charge is 2.35. The number of ether oxygens (including phenoxy) is 2. The van der Waals surface area contributed by atoms with Gasteiger partial charge in [0.1, 0.15) is 5.76 Å². The number of aliphatic imine (C=N–C) groups is 1. The van der Waals surface area contributed by atoms with Gasteiger partial charge in [-0.25, -0.2) is 0 Å². The Morgan fingerprint density at radius 3 is 2.72 bits per heavy atom. The molecule has 0 bridgehead atoms. The van der Waals surface area contributed by atoms with Crippen LogP contribution in [0, 0.1) is 0 Å². The van der Waals surface area contributed by atoms with Crippen LogP contribution in [0.2, 0.25) is 0 Å². The summed E-state index contributed by atoms with van der Waals surface area (Å²) in [7, 11) is 6.06. The maximum absolute atomic E-state index is 6.12. The summed E-state index contributed by atoms with van der Waals surface area (Å²) in [6.45, 7) is 7.05. The molecule has 1 aliphatic rings. The summed E-state index contributed by atoms with van der Waals surface area (Å²) in [6, 6.07) is 7.98. The molecule has 1 unspecified atom stereocenters. The van der Waals surface area contributed by atoms with E-state index in [0.717, 1.165) is 61.0 Å². The van der Waals surface area contributed by atoms with Gasteiger partial charge in [-0.2, -0.15) is 0 Å². The van der Waals surface area contributed by atoms with E-state index in [1.807, 2.05) is 25.1 Å². The zero-order valence-corrected chi connectivity index (χ0v) is 18.2. The van der Waals surface area contributed by atoms with E-state index >= 15 is 0 Å². The Morgan fingerprint density at radius 2 is 2.07 bits per heavy atom. The third-order valence-electron chi connectivity index (χ3n) is 5.79. The molecular formula is C22H34N4O3. The minimum atomic E-state index is -0.0342. The number of nitrogens with zero attached hydrogens (tertiary/aromatic N) is 2. The molecule has 7 nitrogen and oxygen atoms in total. The fraction of sp³-hybridized carbons (Fsp3) is 0.591. The van der Waals surface area contributed by atoms with Gasteiger partial charge < -0.3 is 29.4 Å². The lowest BCUT2D eigenvalue weighted by atomic mass is 9.88. The molecule has 2 heterocycles. The largest absolute Gasteiger partial charge is 0.490 e. The summed E-state index contributed by atoms with van der Waals surface area (Å²) < 4.78 is 17.4. The monoisotopic (exact) mass is 402 g/mol. The Hall–Kier alpha value is -2.25. The van der Waals surface area contributed by atoms with E-state index in [0.29, 0.717) is 6.61 Å². The molecule has 0 aliphatic carbocycles. The van der Waals surface area contributed by atoms with E-state index in [1.165, 1.54) is 0 Å². The average molecular weight is 403 g/mol. The van der Waals surface area contributed by atoms with Gasteiger partial charge in [0.15, 0.2) is 17.3 Å². The number of para-hydroxylation sites is 1. The summed E-state index contributed by atoms with van der Waals surface area (Å²) in [4.78, 5) is 6.71.